The highest BCUT2D eigenvalue weighted by Gasteiger charge is 2.18. The topological polar surface area (TPSA) is 102 Å². The van der Waals surface area contributed by atoms with Crippen molar-refractivity contribution < 1.29 is 19.1 Å². The molecule has 35 heavy (non-hydrogen) atoms. The zero-order valence-corrected chi connectivity index (χ0v) is 19.5. The third kappa shape index (κ3) is 5.74. The van der Waals surface area contributed by atoms with Gasteiger partial charge in [-0.25, -0.2) is 4.68 Å². The van der Waals surface area contributed by atoms with Crippen molar-refractivity contribution in [3.05, 3.63) is 101 Å². The highest BCUT2D eigenvalue weighted by atomic mass is 35.5. The van der Waals surface area contributed by atoms with Crippen LogP contribution in [0, 0.1) is 0 Å². The standard InChI is InChI=1S/C26H21ClN4O4/c1-35-24(32)16-28-25(33)18-9-13-20(14-10-18)29-26(34)23-15-22(17-7-11-19(27)12-8-17)30-31(23)21-5-3-2-4-6-21/h2-15H,16H2,1H3,(H,28,33)(H,29,34). The number of para-hydroxylation sites is 1. The Morgan fingerprint density at radius 1 is 0.914 bits per heavy atom. The second-order valence-corrected chi connectivity index (χ2v) is 7.90. The molecule has 4 aromatic rings. The van der Waals surface area contributed by atoms with Crippen LogP contribution in [0.25, 0.3) is 16.9 Å². The van der Waals surface area contributed by atoms with E-state index in [-0.39, 0.29) is 12.5 Å². The molecule has 0 aliphatic carbocycles. The van der Waals surface area contributed by atoms with Crippen molar-refractivity contribution in [3.8, 4) is 16.9 Å². The Bertz CT molecular complexity index is 1350. The predicted octanol–water partition coefficient (Wildman–Crippen LogP) is 4.35. The maximum absolute atomic E-state index is 13.2. The number of carbonyl (C=O) groups excluding carboxylic acids is 3. The fourth-order valence-corrected chi connectivity index (χ4v) is 3.42. The molecule has 0 aliphatic rings. The van der Waals surface area contributed by atoms with E-state index in [9.17, 15) is 14.4 Å². The van der Waals surface area contributed by atoms with Gasteiger partial charge in [-0.1, -0.05) is 41.9 Å². The van der Waals surface area contributed by atoms with Crippen molar-refractivity contribution >= 4 is 35.1 Å². The summed E-state index contributed by atoms with van der Waals surface area (Å²) in [4.78, 5) is 36.6. The number of hydrogen-bond donors (Lipinski definition) is 2. The summed E-state index contributed by atoms with van der Waals surface area (Å²) in [6.07, 6.45) is 0. The Labute approximate surface area is 206 Å². The highest BCUT2D eigenvalue weighted by molar-refractivity contribution is 6.30. The van der Waals surface area contributed by atoms with Gasteiger partial charge in [-0.05, 0) is 54.6 Å². The molecule has 4 rings (SSSR count). The summed E-state index contributed by atoms with van der Waals surface area (Å²) in [7, 11) is 1.24. The molecule has 0 atom stereocenters. The van der Waals surface area contributed by atoms with Crippen LogP contribution in [0.5, 0.6) is 0 Å². The van der Waals surface area contributed by atoms with Crippen LogP contribution in [-0.2, 0) is 9.53 Å². The Balaban J connectivity index is 1.56. The summed E-state index contributed by atoms with van der Waals surface area (Å²) < 4.78 is 6.08. The second-order valence-electron chi connectivity index (χ2n) is 7.46. The van der Waals surface area contributed by atoms with Crippen molar-refractivity contribution in [2.45, 2.75) is 0 Å². The van der Waals surface area contributed by atoms with Crippen LogP contribution in [0.1, 0.15) is 20.8 Å². The lowest BCUT2D eigenvalue weighted by Gasteiger charge is -2.09. The highest BCUT2D eigenvalue weighted by Crippen LogP contribution is 2.24. The van der Waals surface area contributed by atoms with Crippen molar-refractivity contribution in [3.63, 3.8) is 0 Å². The largest absolute Gasteiger partial charge is 0.468 e. The van der Waals surface area contributed by atoms with Gasteiger partial charge in [-0.15, -0.1) is 0 Å². The monoisotopic (exact) mass is 488 g/mol. The maximum atomic E-state index is 13.2. The fraction of sp³-hybridized carbons (Fsp3) is 0.0769. The molecule has 8 nitrogen and oxygen atoms in total. The first kappa shape index (κ1) is 23.7. The summed E-state index contributed by atoms with van der Waals surface area (Å²) in [5.41, 5.74) is 3.34. The molecule has 0 spiro atoms. The van der Waals surface area contributed by atoms with Crippen LogP contribution in [-0.4, -0.2) is 41.2 Å². The molecular weight excluding hydrogens is 468 g/mol. The second kappa shape index (κ2) is 10.7. The van der Waals surface area contributed by atoms with E-state index in [2.05, 4.69) is 20.5 Å². The molecule has 0 aliphatic heterocycles. The first-order chi connectivity index (χ1) is 16.9. The molecule has 2 amide bonds. The molecule has 3 aromatic carbocycles. The van der Waals surface area contributed by atoms with E-state index in [1.54, 1.807) is 47.1 Å². The van der Waals surface area contributed by atoms with Crippen LogP contribution < -0.4 is 10.6 Å². The lowest BCUT2D eigenvalue weighted by Crippen LogP contribution is -2.30. The minimum absolute atomic E-state index is 0.229. The molecule has 1 heterocycles. The average Bonchev–Trinajstić information content (AvgIpc) is 3.34. The average molecular weight is 489 g/mol. The summed E-state index contributed by atoms with van der Waals surface area (Å²) in [6, 6.07) is 24.6. The molecule has 0 saturated heterocycles. The SMILES string of the molecule is COC(=O)CNC(=O)c1ccc(NC(=O)c2cc(-c3ccc(Cl)cc3)nn2-c2ccccc2)cc1. The van der Waals surface area contributed by atoms with Gasteiger partial charge in [0.2, 0.25) is 0 Å². The molecule has 0 radical (unpaired) electrons. The van der Waals surface area contributed by atoms with Gasteiger partial charge in [0.15, 0.2) is 0 Å². The Hall–Kier alpha value is -4.43. The van der Waals surface area contributed by atoms with E-state index >= 15 is 0 Å². The fourth-order valence-electron chi connectivity index (χ4n) is 3.30. The van der Waals surface area contributed by atoms with Crippen LogP contribution in [0.3, 0.4) is 0 Å². The molecule has 0 saturated carbocycles. The first-order valence-corrected chi connectivity index (χ1v) is 11.0. The Morgan fingerprint density at radius 2 is 1.60 bits per heavy atom. The minimum Gasteiger partial charge on any atom is -0.468 e. The van der Waals surface area contributed by atoms with Crippen molar-refractivity contribution in [1.29, 1.82) is 0 Å². The number of nitrogens with zero attached hydrogens (tertiary/aromatic N) is 2. The van der Waals surface area contributed by atoms with Crippen molar-refractivity contribution in [2.24, 2.45) is 0 Å². The normalized spacial score (nSPS) is 10.5. The van der Waals surface area contributed by atoms with Crippen LogP contribution in [0.2, 0.25) is 5.02 Å². The quantitative estimate of drug-likeness (QED) is 0.376. The maximum Gasteiger partial charge on any atom is 0.325 e. The van der Waals surface area contributed by atoms with Gasteiger partial charge in [0, 0.05) is 21.8 Å². The number of ether oxygens (including phenoxy) is 1. The van der Waals surface area contributed by atoms with E-state index in [4.69, 9.17) is 11.6 Å². The number of hydrogen-bond acceptors (Lipinski definition) is 5. The summed E-state index contributed by atoms with van der Waals surface area (Å²) in [5, 5.41) is 10.6. The molecule has 2 N–H and O–H groups in total. The van der Waals surface area contributed by atoms with Gasteiger partial charge in [-0.2, -0.15) is 5.10 Å². The number of halogens is 1. The third-order valence-corrected chi connectivity index (χ3v) is 5.36. The first-order valence-electron chi connectivity index (χ1n) is 10.6. The molecule has 0 fully saturated rings. The number of methoxy groups -OCH3 is 1. The molecule has 9 heteroatoms. The van der Waals surface area contributed by atoms with Gasteiger partial charge < -0.3 is 15.4 Å². The van der Waals surface area contributed by atoms with Gasteiger partial charge in [-0.3, -0.25) is 14.4 Å². The van der Waals surface area contributed by atoms with Gasteiger partial charge in [0.1, 0.15) is 12.2 Å². The number of esters is 1. The van der Waals surface area contributed by atoms with E-state index in [0.29, 0.717) is 27.7 Å². The van der Waals surface area contributed by atoms with E-state index < -0.39 is 11.9 Å². The molecule has 1 aromatic heterocycles. The van der Waals surface area contributed by atoms with Crippen LogP contribution in [0.15, 0.2) is 84.9 Å². The number of anilines is 1. The zero-order valence-electron chi connectivity index (χ0n) is 18.7. The van der Waals surface area contributed by atoms with Gasteiger partial charge in [0.25, 0.3) is 11.8 Å². The van der Waals surface area contributed by atoms with Gasteiger partial charge in [0.05, 0.1) is 18.5 Å². The van der Waals surface area contributed by atoms with E-state index in [0.717, 1.165) is 11.3 Å². The Kier molecular flexibility index (Phi) is 7.23. The van der Waals surface area contributed by atoms with Crippen LogP contribution >= 0.6 is 11.6 Å². The summed E-state index contributed by atoms with van der Waals surface area (Å²) in [6.45, 7) is -0.229. The van der Waals surface area contributed by atoms with Gasteiger partial charge >= 0.3 is 5.97 Å². The molecular formula is C26H21ClN4O4. The van der Waals surface area contributed by atoms with Crippen molar-refractivity contribution in [2.75, 3.05) is 19.0 Å². The van der Waals surface area contributed by atoms with Crippen LogP contribution in [0.4, 0.5) is 5.69 Å². The molecule has 0 unspecified atom stereocenters. The molecule has 0 bridgehead atoms. The molecule has 176 valence electrons. The number of rotatable bonds is 7. The van der Waals surface area contributed by atoms with E-state index in [1.807, 2.05) is 42.5 Å². The predicted molar refractivity (Wildman–Crippen MR) is 133 cm³/mol. The number of nitrogens with one attached hydrogen (secondary N) is 2. The third-order valence-electron chi connectivity index (χ3n) is 5.11. The number of carbonyl (C=O) groups is 3. The van der Waals surface area contributed by atoms with Crippen molar-refractivity contribution in [1.82, 2.24) is 15.1 Å². The summed E-state index contributed by atoms with van der Waals surface area (Å²) >= 11 is 6.01. The number of aromatic nitrogens is 2. The van der Waals surface area contributed by atoms with E-state index in [1.165, 1.54) is 7.11 Å². The number of benzene rings is 3. The number of amides is 2. The lowest BCUT2D eigenvalue weighted by molar-refractivity contribution is -0.139. The summed E-state index contributed by atoms with van der Waals surface area (Å²) in [5.74, 6) is -1.34. The minimum atomic E-state index is -0.546. The lowest BCUT2D eigenvalue weighted by atomic mass is 10.1. The smallest absolute Gasteiger partial charge is 0.325 e. The Morgan fingerprint density at radius 3 is 2.26 bits per heavy atom. The zero-order chi connectivity index (χ0) is 24.8.